The van der Waals surface area contributed by atoms with Gasteiger partial charge in [0.25, 0.3) is 0 Å². The average molecular weight is 390 g/mol. The van der Waals surface area contributed by atoms with Gasteiger partial charge in [-0.3, -0.25) is 0 Å². The Morgan fingerprint density at radius 1 is 1.42 bits per heavy atom. The minimum atomic E-state index is 0.616. The van der Waals surface area contributed by atoms with E-state index in [0.29, 0.717) is 12.1 Å². The number of aryl methyl sites for hydroxylation is 1. The van der Waals surface area contributed by atoms with Gasteiger partial charge in [0.2, 0.25) is 0 Å². The molecule has 2 nitrogen and oxygen atoms in total. The number of piperidine rings is 1. The van der Waals surface area contributed by atoms with Crippen LogP contribution in [0.3, 0.4) is 0 Å². The van der Waals surface area contributed by atoms with Crippen molar-refractivity contribution in [3.63, 3.8) is 0 Å². The average Bonchev–Trinajstić information content (AvgIpc) is 2.80. The van der Waals surface area contributed by atoms with Crippen LogP contribution in [0.4, 0.5) is 0 Å². The van der Waals surface area contributed by atoms with E-state index in [9.17, 15) is 0 Å². The lowest BCUT2D eigenvalue weighted by molar-refractivity contribution is 0.187. The first-order valence-corrected chi connectivity index (χ1v) is 9.42. The fourth-order valence-corrected chi connectivity index (χ4v) is 5.58. The van der Waals surface area contributed by atoms with Crippen molar-refractivity contribution in [2.24, 2.45) is 0 Å². The molecule has 0 spiro atoms. The maximum absolute atomic E-state index is 3.95. The van der Waals surface area contributed by atoms with Crippen molar-refractivity contribution in [3.05, 3.63) is 19.4 Å². The summed E-state index contributed by atoms with van der Waals surface area (Å²) in [6.45, 7) is 6.01. The van der Waals surface area contributed by atoms with Crippen molar-refractivity contribution in [2.45, 2.75) is 51.1 Å². The summed E-state index contributed by atoms with van der Waals surface area (Å²) >= 11 is 4.47. The Balaban J connectivity index is 1.67. The molecule has 1 aromatic rings. The molecule has 0 saturated carbocycles. The normalized spacial score (nSPS) is 28.3. The van der Waals surface area contributed by atoms with Gasteiger partial charge in [-0.15, -0.1) is 11.3 Å². The number of hydrogen-bond donors (Lipinski definition) is 1. The van der Waals surface area contributed by atoms with Gasteiger partial charge in [0.15, 0.2) is 0 Å². The zero-order chi connectivity index (χ0) is 13.2. The SMILES string of the molecule is CCN1CCCC(NC2CCCc3sc(I)cc32)C1. The van der Waals surface area contributed by atoms with E-state index in [4.69, 9.17) is 0 Å². The summed E-state index contributed by atoms with van der Waals surface area (Å²) in [7, 11) is 0. The molecule has 2 heterocycles. The van der Waals surface area contributed by atoms with E-state index in [1.807, 2.05) is 11.3 Å². The predicted octanol–water partition coefficient (Wildman–Crippen LogP) is 3.80. The molecule has 19 heavy (non-hydrogen) atoms. The molecule has 106 valence electrons. The molecule has 1 aliphatic carbocycles. The van der Waals surface area contributed by atoms with Crippen molar-refractivity contribution in [1.29, 1.82) is 0 Å². The number of likely N-dealkylation sites (tertiary alicyclic amines) is 1. The second kappa shape index (κ2) is 6.41. The monoisotopic (exact) mass is 390 g/mol. The first-order chi connectivity index (χ1) is 9.26. The number of nitrogens with zero attached hydrogens (tertiary/aromatic N) is 1. The molecular weight excluding hydrogens is 367 g/mol. The van der Waals surface area contributed by atoms with Crippen LogP contribution in [0.5, 0.6) is 0 Å². The molecule has 1 saturated heterocycles. The molecule has 1 aliphatic heterocycles. The number of fused-ring (bicyclic) bond motifs is 1. The van der Waals surface area contributed by atoms with Gasteiger partial charge in [0.05, 0.1) is 2.88 Å². The lowest BCUT2D eigenvalue weighted by Gasteiger charge is -2.36. The molecule has 3 rings (SSSR count). The minimum Gasteiger partial charge on any atom is -0.306 e. The standard InChI is InChI=1S/C15H23IN2S/c1-2-18-8-4-5-11(10-18)17-13-6-3-7-14-12(13)9-15(16)19-14/h9,11,13,17H,2-8,10H2,1H3. The lowest BCUT2D eigenvalue weighted by atomic mass is 9.92. The van der Waals surface area contributed by atoms with Crippen LogP contribution >= 0.6 is 33.9 Å². The number of rotatable bonds is 3. The van der Waals surface area contributed by atoms with Crippen LogP contribution in [0.25, 0.3) is 0 Å². The van der Waals surface area contributed by atoms with Crippen molar-refractivity contribution in [2.75, 3.05) is 19.6 Å². The Morgan fingerprint density at radius 3 is 3.16 bits per heavy atom. The Bertz CT molecular complexity index is 432. The van der Waals surface area contributed by atoms with Gasteiger partial charge in [0.1, 0.15) is 0 Å². The second-order valence-electron chi connectivity index (χ2n) is 5.77. The molecule has 2 atom stereocenters. The van der Waals surface area contributed by atoms with E-state index < -0.39 is 0 Å². The van der Waals surface area contributed by atoms with Gasteiger partial charge in [0, 0.05) is 23.5 Å². The van der Waals surface area contributed by atoms with Gasteiger partial charge in [-0.25, -0.2) is 0 Å². The highest BCUT2D eigenvalue weighted by atomic mass is 127. The fraction of sp³-hybridized carbons (Fsp3) is 0.733. The Kier molecular flexibility index (Phi) is 4.82. The largest absolute Gasteiger partial charge is 0.306 e. The lowest BCUT2D eigenvalue weighted by Crippen LogP contribution is -2.47. The zero-order valence-electron chi connectivity index (χ0n) is 11.6. The summed E-state index contributed by atoms with van der Waals surface area (Å²) in [5.74, 6) is 0. The van der Waals surface area contributed by atoms with Crippen LogP contribution in [0, 0.1) is 2.88 Å². The first-order valence-electron chi connectivity index (χ1n) is 7.52. The highest BCUT2D eigenvalue weighted by Crippen LogP contribution is 2.36. The van der Waals surface area contributed by atoms with Crippen LogP contribution in [0.15, 0.2) is 6.07 Å². The summed E-state index contributed by atoms with van der Waals surface area (Å²) < 4.78 is 1.45. The van der Waals surface area contributed by atoms with Gasteiger partial charge < -0.3 is 10.2 Å². The molecule has 2 aliphatic rings. The predicted molar refractivity (Wildman–Crippen MR) is 91.0 cm³/mol. The van der Waals surface area contributed by atoms with Gasteiger partial charge in [-0.05, 0) is 79.4 Å². The topological polar surface area (TPSA) is 15.3 Å². The highest BCUT2D eigenvalue weighted by molar-refractivity contribution is 14.1. The molecule has 1 fully saturated rings. The number of likely N-dealkylation sites (N-methyl/N-ethyl adjacent to an activating group) is 1. The number of hydrogen-bond acceptors (Lipinski definition) is 3. The Labute approximate surface area is 134 Å². The van der Waals surface area contributed by atoms with Crippen molar-refractivity contribution >= 4 is 33.9 Å². The summed E-state index contributed by atoms with van der Waals surface area (Å²) in [5.41, 5.74) is 1.61. The smallest absolute Gasteiger partial charge is 0.0659 e. The maximum Gasteiger partial charge on any atom is 0.0659 e. The van der Waals surface area contributed by atoms with E-state index in [-0.39, 0.29) is 0 Å². The van der Waals surface area contributed by atoms with Crippen molar-refractivity contribution < 1.29 is 0 Å². The van der Waals surface area contributed by atoms with Gasteiger partial charge in [-0.2, -0.15) is 0 Å². The van der Waals surface area contributed by atoms with Crippen molar-refractivity contribution in [3.8, 4) is 0 Å². The maximum atomic E-state index is 3.95. The Morgan fingerprint density at radius 2 is 2.32 bits per heavy atom. The molecule has 0 amide bonds. The third-order valence-electron chi connectivity index (χ3n) is 4.47. The fourth-order valence-electron chi connectivity index (χ4n) is 3.46. The van der Waals surface area contributed by atoms with Crippen LogP contribution in [0.1, 0.15) is 49.1 Å². The molecular formula is C15H23IN2S. The van der Waals surface area contributed by atoms with Crippen LogP contribution < -0.4 is 5.32 Å². The minimum absolute atomic E-state index is 0.616. The molecule has 4 heteroatoms. The number of halogens is 1. The summed E-state index contributed by atoms with van der Waals surface area (Å²) in [5, 5.41) is 3.95. The summed E-state index contributed by atoms with van der Waals surface area (Å²) in [4.78, 5) is 4.22. The van der Waals surface area contributed by atoms with E-state index >= 15 is 0 Å². The quantitative estimate of drug-likeness (QED) is 0.790. The zero-order valence-corrected chi connectivity index (χ0v) is 14.6. The molecule has 0 radical (unpaired) electrons. The Hall–Kier alpha value is 0.350. The van der Waals surface area contributed by atoms with E-state index in [1.165, 1.54) is 54.6 Å². The summed E-state index contributed by atoms with van der Waals surface area (Å²) in [6.07, 6.45) is 6.68. The first kappa shape index (κ1) is 14.3. The molecule has 0 bridgehead atoms. The van der Waals surface area contributed by atoms with Crippen LogP contribution in [0.2, 0.25) is 0 Å². The van der Waals surface area contributed by atoms with Crippen molar-refractivity contribution in [1.82, 2.24) is 10.2 Å². The third-order valence-corrected chi connectivity index (χ3v) is 6.44. The third kappa shape index (κ3) is 3.34. The van der Waals surface area contributed by atoms with Gasteiger partial charge >= 0.3 is 0 Å². The summed E-state index contributed by atoms with van der Waals surface area (Å²) in [6, 6.07) is 3.73. The van der Waals surface area contributed by atoms with E-state index in [0.717, 1.165) is 0 Å². The number of thiophene rings is 1. The molecule has 0 aromatic carbocycles. The number of nitrogens with one attached hydrogen (secondary N) is 1. The van der Waals surface area contributed by atoms with E-state index in [1.54, 1.807) is 10.4 Å². The highest BCUT2D eigenvalue weighted by Gasteiger charge is 2.26. The molecule has 1 aromatic heterocycles. The molecule has 2 unspecified atom stereocenters. The second-order valence-corrected chi connectivity index (χ2v) is 8.80. The van der Waals surface area contributed by atoms with Gasteiger partial charge in [-0.1, -0.05) is 6.92 Å². The molecule has 1 N–H and O–H groups in total. The van der Waals surface area contributed by atoms with Crippen LogP contribution in [-0.4, -0.2) is 30.6 Å². The van der Waals surface area contributed by atoms with E-state index in [2.05, 4.69) is 45.8 Å². The van der Waals surface area contributed by atoms with Crippen LogP contribution in [-0.2, 0) is 6.42 Å².